The van der Waals surface area contributed by atoms with Crippen LogP contribution < -0.4 is 0 Å². The van der Waals surface area contributed by atoms with Gasteiger partial charge in [0, 0.05) is 6.42 Å². The minimum absolute atomic E-state index is 0.0498. The van der Waals surface area contributed by atoms with Crippen molar-refractivity contribution in [3.05, 3.63) is 12.2 Å². The number of unbranched alkanes of at least 4 members (excludes halogenated alkanes) is 15. The summed E-state index contributed by atoms with van der Waals surface area (Å²) in [4.78, 5) is 31.0. The Kier molecular flexibility index (Phi) is 29.5. The second kappa shape index (κ2) is 29.2. The Morgan fingerprint density at radius 3 is 1.35 bits per heavy atom. The molecule has 0 aromatic carbocycles. The maximum atomic E-state index is 11.0. The molecule has 0 saturated heterocycles. The lowest BCUT2D eigenvalue weighted by atomic mass is 10.1. The maximum Gasteiger partial charge on any atom is 0.306 e. The zero-order valence-corrected chi connectivity index (χ0v) is 22.3. The van der Waals surface area contributed by atoms with Gasteiger partial charge in [0.25, 0.3) is 0 Å². The summed E-state index contributed by atoms with van der Waals surface area (Å²) in [6.07, 6.45) is 27.7. The Balaban J connectivity index is 0. The number of esters is 2. The van der Waals surface area contributed by atoms with E-state index in [2.05, 4.69) is 28.5 Å². The number of hydrogen-bond acceptors (Lipinski definition) is 5. The average Bonchev–Trinajstić information content (AvgIpc) is 2.84. The summed E-state index contributed by atoms with van der Waals surface area (Å²) >= 11 is 0. The van der Waals surface area contributed by atoms with Crippen molar-refractivity contribution in [1.29, 1.82) is 0 Å². The molecule has 0 saturated carbocycles. The van der Waals surface area contributed by atoms with E-state index in [4.69, 9.17) is 5.11 Å². The van der Waals surface area contributed by atoms with Crippen LogP contribution in [0.1, 0.15) is 135 Å². The van der Waals surface area contributed by atoms with Crippen LogP contribution in [0.5, 0.6) is 0 Å². The van der Waals surface area contributed by atoms with E-state index in [1.807, 2.05) is 0 Å². The first-order valence-corrected chi connectivity index (χ1v) is 13.5. The lowest BCUT2D eigenvalue weighted by Gasteiger charge is -2.02. The van der Waals surface area contributed by atoms with E-state index in [9.17, 15) is 14.4 Å². The van der Waals surface area contributed by atoms with Gasteiger partial charge in [-0.25, -0.2) is 0 Å². The minimum Gasteiger partial charge on any atom is -0.481 e. The molecule has 34 heavy (non-hydrogen) atoms. The molecule has 0 bridgehead atoms. The number of ether oxygens (including phenoxy) is 2. The molecule has 6 heteroatoms. The summed E-state index contributed by atoms with van der Waals surface area (Å²) < 4.78 is 8.84. The van der Waals surface area contributed by atoms with Gasteiger partial charge in [0.15, 0.2) is 0 Å². The maximum absolute atomic E-state index is 11.0. The predicted octanol–water partition coefficient (Wildman–Crippen LogP) is 7.78. The van der Waals surface area contributed by atoms with Gasteiger partial charge >= 0.3 is 17.9 Å². The molecule has 0 heterocycles. The lowest BCUT2D eigenvalue weighted by Crippen LogP contribution is -2.04. The molecule has 0 amide bonds. The summed E-state index contributed by atoms with van der Waals surface area (Å²) in [5.74, 6) is -1.54. The molecule has 0 aliphatic rings. The predicted molar refractivity (Wildman–Crippen MR) is 139 cm³/mol. The molecule has 0 radical (unpaired) electrons. The second-order valence-electron chi connectivity index (χ2n) is 8.79. The third-order valence-corrected chi connectivity index (χ3v) is 5.64. The molecule has 0 rings (SSSR count). The molecular formula is C28H52O6. The fourth-order valence-corrected chi connectivity index (χ4v) is 3.46. The molecule has 0 aromatic rings. The Morgan fingerprint density at radius 2 is 0.941 bits per heavy atom. The van der Waals surface area contributed by atoms with Gasteiger partial charge in [0.05, 0.1) is 27.1 Å². The van der Waals surface area contributed by atoms with E-state index in [-0.39, 0.29) is 18.8 Å². The van der Waals surface area contributed by atoms with E-state index in [1.54, 1.807) is 0 Å². The van der Waals surface area contributed by atoms with Crippen molar-refractivity contribution in [3.63, 3.8) is 0 Å². The van der Waals surface area contributed by atoms with Crippen molar-refractivity contribution >= 4 is 17.9 Å². The number of carbonyl (C=O) groups excluding carboxylic acids is 2. The van der Waals surface area contributed by atoms with Gasteiger partial charge in [0.2, 0.25) is 0 Å². The molecule has 0 aromatic heterocycles. The second-order valence-corrected chi connectivity index (χ2v) is 8.79. The number of carboxylic acids is 1. The summed E-state index contributed by atoms with van der Waals surface area (Å²) in [5, 5.41) is 8.05. The van der Waals surface area contributed by atoms with Gasteiger partial charge in [0.1, 0.15) is 0 Å². The van der Waals surface area contributed by atoms with Gasteiger partial charge in [-0.15, -0.1) is 0 Å². The number of carboxylic acid groups (broad SMARTS) is 1. The Labute approximate surface area is 208 Å². The lowest BCUT2D eigenvalue weighted by molar-refractivity contribution is -0.145. The summed E-state index contributed by atoms with van der Waals surface area (Å²) in [7, 11) is 2.69. The number of methoxy groups -OCH3 is 2. The van der Waals surface area contributed by atoms with Crippen LogP contribution in [0.4, 0.5) is 0 Å². The highest BCUT2D eigenvalue weighted by Gasteiger charge is 2.03. The Bertz CT molecular complexity index is 501. The molecule has 200 valence electrons. The molecular weight excluding hydrogens is 432 g/mol. The minimum atomic E-state index is -0.986. The normalized spacial score (nSPS) is 10.6. The van der Waals surface area contributed by atoms with Crippen LogP contribution in [0.3, 0.4) is 0 Å². The number of carbonyl (C=O) groups is 3. The van der Waals surface area contributed by atoms with Crippen molar-refractivity contribution in [3.8, 4) is 0 Å². The zero-order valence-electron chi connectivity index (χ0n) is 22.3. The first-order chi connectivity index (χ1) is 16.5. The largest absolute Gasteiger partial charge is 0.481 e. The molecule has 0 aliphatic carbocycles. The van der Waals surface area contributed by atoms with Crippen molar-refractivity contribution in [2.24, 2.45) is 0 Å². The first-order valence-electron chi connectivity index (χ1n) is 13.5. The van der Waals surface area contributed by atoms with E-state index < -0.39 is 11.9 Å². The topological polar surface area (TPSA) is 89.9 Å². The number of rotatable bonds is 22. The summed E-state index contributed by atoms with van der Waals surface area (Å²) in [6, 6.07) is 0. The fourth-order valence-electron chi connectivity index (χ4n) is 3.46. The number of hydrogen-bond donors (Lipinski definition) is 1. The molecule has 0 aliphatic heterocycles. The van der Waals surface area contributed by atoms with Crippen molar-refractivity contribution in [2.45, 2.75) is 135 Å². The van der Waals surface area contributed by atoms with Gasteiger partial charge < -0.3 is 14.6 Å². The van der Waals surface area contributed by atoms with Crippen molar-refractivity contribution in [2.75, 3.05) is 14.2 Å². The number of allylic oxidation sites excluding steroid dienone is 2. The van der Waals surface area contributed by atoms with Crippen molar-refractivity contribution < 1.29 is 29.0 Å². The molecule has 6 nitrogen and oxygen atoms in total. The molecule has 1 N–H and O–H groups in total. The van der Waals surface area contributed by atoms with E-state index in [1.165, 1.54) is 117 Å². The molecule has 0 atom stereocenters. The van der Waals surface area contributed by atoms with Crippen LogP contribution in [-0.2, 0) is 23.9 Å². The SMILES string of the molecule is CCCCCCCC/C=C\CCCCCCCCCCCC(=O)OC.COC(=O)CCC(=O)O. The van der Waals surface area contributed by atoms with E-state index in [0.717, 1.165) is 6.42 Å². The highest BCUT2D eigenvalue weighted by atomic mass is 16.5. The van der Waals surface area contributed by atoms with Crippen LogP contribution in [0.25, 0.3) is 0 Å². The van der Waals surface area contributed by atoms with Gasteiger partial charge in [-0.1, -0.05) is 96.1 Å². The van der Waals surface area contributed by atoms with Crippen LogP contribution >= 0.6 is 0 Å². The van der Waals surface area contributed by atoms with Crippen LogP contribution in [-0.4, -0.2) is 37.2 Å². The van der Waals surface area contributed by atoms with Gasteiger partial charge in [-0.2, -0.15) is 0 Å². The van der Waals surface area contributed by atoms with Gasteiger partial charge in [-0.3, -0.25) is 14.4 Å². The van der Waals surface area contributed by atoms with Crippen LogP contribution in [0, 0.1) is 0 Å². The summed E-state index contributed by atoms with van der Waals surface area (Å²) in [6.45, 7) is 2.28. The Hall–Kier alpha value is -1.85. The molecule has 0 fully saturated rings. The van der Waals surface area contributed by atoms with Gasteiger partial charge in [-0.05, 0) is 32.1 Å². The standard InChI is InChI=1S/C23H44O2.C5H8O4/c1-3-4-5-6-7-8-9-10-11-12-13-14-15-16-17-18-19-20-21-22-23(24)25-2;1-9-5(8)3-2-4(6)7/h10-11H,3-9,12-22H2,1-2H3;2-3H2,1H3,(H,6,7)/b11-10-;. The average molecular weight is 485 g/mol. The summed E-state index contributed by atoms with van der Waals surface area (Å²) in [5.41, 5.74) is 0. The van der Waals surface area contributed by atoms with Crippen LogP contribution in [0.2, 0.25) is 0 Å². The third kappa shape index (κ3) is 32.3. The smallest absolute Gasteiger partial charge is 0.306 e. The monoisotopic (exact) mass is 484 g/mol. The zero-order chi connectivity index (χ0) is 25.7. The van der Waals surface area contributed by atoms with Crippen LogP contribution in [0.15, 0.2) is 12.2 Å². The third-order valence-electron chi connectivity index (χ3n) is 5.64. The number of aliphatic carboxylic acids is 1. The highest BCUT2D eigenvalue weighted by molar-refractivity contribution is 5.76. The molecule has 0 spiro atoms. The first kappa shape index (κ1) is 34.3. The van der Waals surface area contributed by atoms with E-state index in [0.29, 0.717) is 6.42 Å². The van der Waals surface area contributed by atoms with E-state index >= 15 is 0 Å². The highest BCUT2D eigenvalue weighted by Crippen LogP contribution is 2.12. The van der Waals surface area contributed by atoms with Crippen molar-refractivity contribution in [1.82, 2.24) is 0 Å². The molecule has 0 unspecified atom stereocenters. The Morgan fingerprint density at radius 1 is 0.559 bits per heavy atom. The quantitative estimate of drug-likeness (QED) is 0.0958. The fraction of sp³-hybridized carbons (Fsp3) is 0.821.